The maximum Gasteiger partial charge on any atom is 0.222 e. The second kappa shape index (κ2) is 6.52. The van der Waals surface area contributed by atoms with Gasteiger partial charge in [0.25, 0.3) is 0 Å². The lowest BCUT2D eigenvalue weighted by atomic mass is 10.0. The van der Waals surface area contributed by atoms with Crippen LogP contribution in [0.5, 0.6) is 5.75 Å². The minimum absolute atomic E-state index is 0.173. The molecule has 0 bridgehead atoms. The Bertz CT molecular complexity index is 949. The van der Waals surface area contributed by atoms with Crippen molar-refractivity contribution >= 4 is 28.6 Å². The molecule has 0 saturated heterocycles. The number of nitrogen functional groups attached to an aromatic ring is 1. The monoisotopic (exact) mass is 359 g/mol. The molecule has 0 aromatic carbocycles. The molecule has 0 amide bonds. The number of fused-ring (bicyclic) bond motifs is 1. The normalized spacial score (nSPS) is 11.5. The van der Waals surface area contributed by atoms with E-state index in [1.165, 1.54) is 0 Å². The van der Waals surface area contributed by atoms with Crippen molar-refractivity contribution in [1.82, 2.24) is 19.5 Å². The number of methoxy groups -OCH3 is 1. The Balaban J connectivity index is 2.17. The lowest BCUT2D eigenvalue weighted by molar-refractivity contribution is 0.407. The van der Waals surface area contributed by atoms with Crippen molar-refractivity contribution in [1.29, 1.82) is 0 Å². The van der Waals surface area contributed by atoms with Crippen LogP contribution < -0.4 is 10.5 Å². The number of halogens is 1. The zero-order chi connectivity index (χ0) is 18.3. The summed E-state index contributed by atoms with van der Waals surface area (Å²) in [6, 6.07) is 0.225. The number of rotatable bonds is 4. The standard InChI is InChI=1S/C18H22ClN5O/c1-9(2)24-8-12(14-15(24)17(19)23-18(20)22-14)6-13-11(4)16(25-5)10(3)7-21-13/h7-9H,6H2,1-5H3,(H2,20,22,23). The number of aromatic nitrogens is 4. The average molecular weight is 360 g/mol. The van der Waals surface area contributed by atoms with E-state index in [-0.39, 0.29) is 12.0 Å². The highest BCUT2D eigenvalue weighted by molar-refractivity contribution is 6.34. The summed E-state index contributed by atoms with van der Waals surface area (Å²) in [7, 11) is 1.68. The molecule has 3 aromatic heterocycles. The molecule has 0 unspecified atom stereocenters. The maximum absolute atomic E-state index is 6.34. The van der Waals surface area contributed by atoms with Crippen molar-refractivity contribution in [2.75, 3.05) is 12.8 Å². The summed E-state index contributed by atoms with van der Waals surface area (Å²) in [6.07, 6.45) is 4.51. The topological polar surface area (TPSA) is 78.8 Å². The lowest BCUT2D eigenvalue weighted by Crippen LogP contribution is -2.01. The summed E-state index contributed by atoms with van der Waals surface area (Å²) in [5, 5.41) is 0.369. The van der Waals surface area contributed by atoms with Crippen molar-refractivity contribution < 1.29 is 4.74 Å². The Morgan fingerprint density at radius 2 is 2.00 bits per heavy atom. The summed E-state index contributed by atoms with van der Waals surface area (Å²) < 4.78 is 7.59. The highest BCUT2D eigenvalue weighted by atomic mass is 35.5. The minimum Gasteiger partial charge on any atom is -0.496 e. The van der Waals surface area contributed by atoms with E-state index >= 15 is 0 Å². The molecule has 3 aromatic rings. The Morgan fingerprint density at radius 3 is 2.64 bits per heavy atom. The Hall–Kier alpha value is -2.34. The first-order valence-electron chi connectivity index (χ1n) is 8.15. The molecule has 0 aliphatic rings. The van der Waals surface area contributed by atoms with Crippen LogP contribution in [-0.2, 0) is 6.42 Å². The number of nitrogens with zero attached hydrogens (tertiary/aromatic N) is 4. The van der Waals surface area contributed by atoms with Gasteiger partial charge in [0, 0.05) is 41.5 Å². The zero-order valence-electron chi connectivity index (χ0n) is 15.1. The van der Waals surface area contributed by atoms with Gasteiger partial charge in [-0.25, -0.2) is 4.98 Å². The van der Waals surface area contributed by atoms with Crippen LogP contribution in [0.25, 0.3) is 11.0 Å². The first-order chi connectivity index (χ1) is 11.8. The van der Waals surface area contributed by atoms with Crippen LogP contribution in [0.2, 0.25) is 5.15 Å². The third kappa shape index (κ3) is 3.02. The largest absolute Gasteiger partial charge is 0.496 e. The molecule has 0 saturated carbocycles. The van der Waals surface area contributed by atoms with Gasteiger partial charge in [-0.05, 0) is 27.7 Å². The van der Waals surface area contributed by atoms with Crippen LogP contribution in [0, 0.1) is 13.8 Å². The Morgan fingerprint density at radius 1 is 1.28 bits per heavy atom. The molecular weight excluding hydrogens is 338 g/mol. The number of hydrogen-bond donors (Lipinski definition) is 1. The molecule has 0 spiro atoms. The smallest absolute Gasteiger partial charge is 0.222 e. The molecule has 0 aliphatic heterocycles. The van der Waals surface area contributed by atoms with Gasteiger partial charge in [0.15, 0.2) is 5.15 Å². The van der Waals surface area contributed by atoms with Crippen LogP contribution in [-0.4, -0.2) is 26.6 Å². The van der Waals surface area contributed by atoms with E-state index in [0.29, 0.717) is 11.6 Å². The first-order valence-corrected chi connectivity index (χ1v) is 8.52. The Kier molecular flexibility index (Phi) is 4.56. The molecule has 3 rings (SSSR count). The van der Waals surface area contributed by atoms with Gasteiger partial charge >= 0.3 is 0 Å². The van der Waals surface area contributed by atoms with E-state index in [2.05, 4.69) is 39.6 Å². The Labute approximate surface area is 152 Å². The van der Waals surface area contributed by atoms with Gasteiger partial charge in [-0.3, -0.25) is 4.98 Å². The van der Waals surface area contributed by atoms with Gasteiger partial charge < -0.3 is 15.0 Å². The van der Waals surface area contributed by atoms with E-state index in [4.69, 9.17) is 22.1 Å². The van der Waals surface area contributed by atoms with E-state index in [9.17, 15) is 0 Å². The summed E-state index contributed by atoms with van der Waals surface area (Å²) in [6.45, 7) is 8.19. The van der Waals surface area contributed by atoms with Crippen LogP contribution in [0.1, 0.15) is 42.3 Å². The van der Waals surface area contributed by atoms with Crippen molar-refractivity contribution in [2.24, 2.45) is 0 Å². The molecule has 2 N–H and O–H groups in total. The fraction of sp³-hybridized carbons (Fsp3) is 0.389. The molecule has 0 radical (unpaired) electrons. The fourth-order valence-electron chi connectivity index (χ4n) is 3.16. The summed E-state index contributed by atoms with van der Waals surface area (Å²) in [5.74, 6) is 1.04. The zero-order valence-corrected chi connectivity index (χ0v) is 15.8. The number of hydrogen-bond acceptors (Lipinski definition) is 5. The summed E-state index contributed by atoms with van der Waals surface area (Å²) >= 11 is 6.34. The summed E-state index contributed by atoms with van der Waals surface area (Å²) in [4.78, 5) is 13.1. The molecule has 25 heavy (non-hydrogen) atoms. The van der Waals surface area contributed by atoms with E-state index in [0.717, 1.165) is 39.2 Å². The molecule has 132 valence electrons. The van der Waals surface area contributed by atoms with Crippen LogP contribution in [0.3, 0.4) is 0 Å². The molecule has 0 aliphatic carbocycles. The maximum atomic E-state index is 6.34. The van der Waals surface area contributed by atoms with Gasteiger partial charge in [0.2, 0.25) is 5.95 Å². The molecule has 6 nitrogen and oxygen atoms in total. The van der Waals surface area contributed by atoms with E-state index in [1.807, 2.05) is 20.0 Å². The van der Waals surface area contributed by atoms with Crippen molar-refractivity contribution in [3.63, 3.8) is 0 Å². The van der Waals surface area contributed by atoms with Gasteiger partial charge in [-0.1, -0.05) is 11.6 Å². The van der Waals surface area contributed by atoms with Gasteiger partial charge in [-0.2, -0.15) is 4.98 Å². The predicted molar refractivity (Wildman–Crippen MR) is 100 cm³/mol. The highest BCUT2D eigenvalue weighted by Crippen LogP contribution is 2.32. The SMILES string of the molecule is COc1c(C)cnc(Cc2cn(C(C)C)c3c(Cl)nc(N)nc23)c1C. The number of aryl methyl sites for hydroxylation is 1. The molecule has 3 heterocycles. The van der Waals surface area contributed by atoms with Crippen LogP contribution in [0.4, 0.5) is 5.95 Å². The van der Waals surface area contributed by atoms with Gasteiger partial charge in [0.1, 0.15) is 11.3 Å². The van der Waals surface area contributed by atoms with Crippen molar-refractivity contribution in [3.05, 3.63) is 39.9 Å². The number of nitrogens with two attached hydrogens (primary N) is 1. The van der Waals surface area contributed by atoms with Crippen molar-refractivity contribution in [3.8, 4) is 5.75 Å². The molecule has 0 fully saturated rings. The highest BCUT2D eigenvalue weighted by Gasteiger charge is 2.19. The molecular formula is C18H22ClN5O. The van der Waals surface area contributed by atoms with E-state index < -0.39 is 0 Å². The van der Waals surface area contributed by atoms with Gasteiger partial charge in [-0.15, -0.1) is 0 Å². The first kappa shape index (κ1) is 17.5. The number of ether oxygens (including phenoxy) is 1. The number of pyridine rings is 1. The fourth-order valence-corrected chi connectivity index (χ4v) is 3.43. The third-order valence-electron chi connectivity index (χ3n) is 4.38. The third-order valence-corrected chi connectivity index (χ3v) is 4.64. The van der Waals surface area contributed by atoms with Crippen LogP contribution in [0.15, 0.2) is 12.4 Å². The quantitative estimate of drug-likeness (QED) is 0.715. The van der Waals surface area contributed by atoms with Crippen LogP contribution >= 0.6 is 11.6 Å². The van der Waals surface area contributed by atoms with Crippen molar-refractivity contribution in [2.45, 2.75) is 40.2 Å². The summed E-state index contributed by atoms with van der Waals surface area (Å²) in [5.41, 5.74) is 11.4. The average Bonchev–Trinajstić information content (AvgIpc) is 2.90. The van der Waals surface area contributed by atoms with Gasteiger partial charge in [0.05, 0.1) is 18.3 Å². The van der Waals surface area contributed by atoms with E-state index in [1.54, 1.807) is 7.11 Å². The lowest BCUT2D eigenvalue weighted by Gasteiger charge is -2.12. The minimum atomic E-state index is 0.173. The molecule has 0 atom stereocenters. The molecule has 7 heteroatoms. The predicted octanol–water partition coefficient (Wildman–Crippen LogP) is 3.86. The number of anilines is 1. The second-order valence-corrected chi connectivity index (χ2v) is 6.81. The second-order valence-electron chi connectivity index (χ2n) is 6.45.